The fourth-order valence-electron chi connectivity index (χ4n) is 2.68. The Hall–Kier alpha value is -1.85. The Balaban J connectivity index is 1.60. The molecular formula is C13H15BrN6O3S. The Labute approximate surface area is 149 Å². The average Bonchev–Trinajstić information content (AvgIpc) is 3.17. The summed E-state index contributed by atoms with van der Waals surface area (Å²) in [4.78, 5) is 28.8. The number of thiazole rings is 1. The van der Waals surface area contributed by atoms with E-state index in [-0.39, 0.29) is 17.6 Å². The monoisotopic (exact) mass is 414 g/mol. The van der Waals surface area contributed by atoms with E-state index in [0.29, 0.717) is 22.8 Å². The first-order valence-corrected chi connectivity index (χ1v) is 9.00. The summed E-state index contributed by atoms with van der Waals surface area (Å²) in [5.74, 6) is -0.371. The maximum Gasteiger partial charge on any atom is 0.404 e. The highest BCUT2D eigenvalue weighted by Crippen LogP contribution is 2.24. The zero-order valence-corrected chi connectivity index (χ0v) is 15.0. The molecule has 1 amide bonds. The normalized spacial score (nSPS) is 18.5. The van der Waals surface area contributed by atoms with Crippen molar-refractivity contribution in [3.05, 3.63) is 32.4 Å². The number of likely N-dealkylation sites (tertiary alicyclic amines) is 1. The van der Waals surface area contributed by atoms with Gasteiger partial charge in [-0.25, -0.2) is 4.98 Å². The molecular weight excluding hydrogens is 400 g/mol. The Kier molecular flexibility index (Phi) is 5.21. The van der Waals surface area contributed by atoms with Crippen LogP contribution in [0.5, 0.6) is 0 Å². The summed E-state index contributed by atoms with van der Waals surface area (Å²) in [6, 6.07) is 0. The number of nitro groups is 1. The van der Waals surface area contributed by atoms with Crippen LogP contribution in [0.1, 0.15) is 12.8 Å². The SMILES string of the molecule is O=C(Nc1nccs1)C1CCCN(Cn2cc(Br)c([N+](=O)[O-])n2)C1. The number of piperidine rings is 1. The molecule has 24 heavy (non-hydrogen) atoms. The van der Waals surface area contributed by atoms with Gasteiger partial charge in [0.05, 0.1) is 17.2 Å². The number of hydrogen-bond donors (Lipinski definition) is 1. The van der Waals surface area contributed by atoms with E-state index < -0.39 is 4.92 Å². The number of halogens is 1. The number of anilines is 1. The van der Waals surface area contributed by atoms with Crippen molar-refractivity contribution < 1.29 is 9.72 Å². The van der Waals surface area contributed by atoms with Crippen molar-refractivity contribution >= 4 is 44.1 Å². The molecule has 3 rings (SSSR count). The van der Waals surface area contributed by atoms with Gasteiger partial charge in [-0.1, -0.05) is 0 Å². The predicted molar refractivity (Wildman–Crippen MR) is 91.6 cm³/mol. The molecule has 3 heterocycles. The predicted octanol–water partition coefficient (Wildman–Crippen LogP) is 2.32. The quantitative estimate of drug-likeness (QED) is 0.594. The number of nitrogens with one attached hydrogen (secondary N) is 1. The van der Waals surface area contributed by atoms with E-state index in [1.54, 1.807) is 12.4 Å². The first-order chi connectivity index (χ1) is 11.5. The molecule has 128 valence electrons. The minimum Gasteiger partial charge on any atom is -0.358 e. The molecule has 2 aromatic heterocycles. The molecule has 1 aliphatic rings. The Bertz CT molecular complexity index is 734. The Morgan fingerprint density at radius 3 is 3.08 bits per heavy atom. The van der Waals surface area contributed by atoms with Gasteiger partial charge in [-0.3, -0.25) is 9.69 Å². The number of rotatable bonds is 5. The van der Waals surface area contributed by atoms with E-state index in [0.717, 1.165) is 19.4 Å². The second kappa shape index (κ2) is 7.36. The van der Waals surface area contributed by atoms with Crippen molar-refractivity contribution in [1.82, 2.24) is 19.7 Å². The van der Waals surface area contributed by atoms with Crippen LogP contribution in [0.15, 0.2) is 22.2 Å². The second-order valence-electron chi connectivity index (χ2n) is 5.48. The molecule has 0 radical (unpaired) electrons. The molecule has 0 bridgehead atoms. The van der Waals surface area contributed by atoms with Gasteiger partial charge in [0.15, 0.2) is 5.13 Å². The summed E-state index contributed by atoms with van der Waals surface area (Å²) >= 11 is 4.52. The van der Waals surface area contributed by atoms with Crippen molar-refractivity contribution in [2.75, 3.05) is 18.4 Å². The van der Waals surface area contributed by atoms with Gasteiger partial charge in [0.25, 0.3) is 0 Å². The topological polar surface area (TPSA) is 106 Å². The first-order valence-electron chi connectivity index (χ1n) is 7.33. The van der Waals surface area contributed by atoms with E-state index in [9.17, 15) is 14.9 Å². The van der Waals surface area contributed by atoms with Crippen molar-refractivity contribution in [3.63, 3.8) is 0 Å². The molecule has 0 spiro atoms. The molecule has 9 nitrogen and oxygen atoms in total. The summed E-state index contributed by atoms with van der Waals surface area (Å²) in [5, 5.41) is 20.0. The smallest absolute Gasteiger partial charge is 0.358 e. The van der Waals surface area contributed by atoms with Crippen LogP contribution in [0.3, 0.4) is 0 Å². The van der Waals surface area contributed by atoms with Crippen LogP contribution in [0.2, 0.25) is 0 Å². The maximum atomic E-state index is 12.3. The van der Waals surface area contributed by atoms with Gasteiger partial charge in [0, 0.05) is 24.7 Å². The third-order valence-corrected chi connectivity index (χ3v) is 5.00. The van der Waals surface area contributed by atoms with Crippen LogP contribution < -0.4 is 5.32 Å². The van der Waals surface area contributed by atoms with Crippen LogP contribution in [-0.4, -0.2) is 43.6 Å². The van der Waals surface area contributed by atoms with Crippen LogP contribution in [-0.2, 0) is 11.5 Å². The first kappa shape index (κ1) is 17.0. The van der Waals surface area contributed by atoms with Crippen molar-refractivity contribution in [1.29, 1.82) is 0 Å². The molecule has 1 atom stereocenters. The standard InChI is InChI=1S/C13H15BrN6O3S/c14-10-7-19(17-11(10)20(22)23)8-18-4-1-2-9(6-18)12(21)16-13-15-3-5-24-13/h3,5,7,9H,1-2,4,6,8H2,(H,15,16,21). The van der Waals surface area contributed by atoms with Gasteiger partial charge in [0.1, 0.15) is 11.1 Å². The number of amides is 1. The molecule has 2 aromatic rings. The fraction of sp³-hybridized carbons (Fsp3) is 0.462. The second-order valence-corrected chi connectivity index (χ2v) is 7.23. The zero-order valence-electron chi connectivity index (χ0n) is 12.6. The molecule has 1 fully saturated rings. The minimum absolute atomic E-state index is 0.0396. The van der Waals surface area contributed by atoms with E-state index in [2.05, 4.69) is 36.2 Å². The number of carbonyl (C=O) groups excluding carboxylic acids is 1. The van der Waals surface area contributed by atoms with Crippen LogP contribution in [0.25, 0.3) is 0 Å². The lowest BCUT2D eigenvalue weighted by Gasteiger charge is -2.30. The Morgan fingerprint density at radius 2 is 2.42 bits per heavy atom. The third kappa shape index (κ3) is 3.97. The third-order valence-electron chi connectivity index (χ3n) is 3.76. The van der Waals surface area contributed by atoms with Gasteiger partial charge in [-0.2, -0.15) is 4.68 Å². The van der Waals surface area contributed by atoms with Gasteiger partial charge >= 0.3 is 5.82 Å². The van der Waals surface area contributed by atoms with Crippen LogP contribution in [0.4, 0.5) is 10.9 Å². The summed E-state index contributed by atoms with van der Waals surface area (Å²) in [7, 11) is 0. The lowest BCUT2D eigenvalue weighted by Crippen LogP contribution is -2.41. The molecule has 11 heteroatoms. The molecule has 0 aromatic carbocycles. The van der Waals surface area contributed by atoms with Gasteiger partial charge in [-0.05, 0) is 33.7 Å². The highest BCUT2D eigenvalue weighted by atomic mass is 79.9. The van der Waals surface area contributed by atoms with Gasteiger partial charge in [-0.15, -0.1) is 11.3 Å². The maximum absolute atomic E-state index is 12.3. The summed E-state index contributed by atoms with van der Waals surface area (Å²) in [6.07, 6.45) is 4.93. The highest BCUT2D eigenvalue weighted by Gasteiger charge is 2.28. The number of nitrogens with zero attached hydrogens (tertiary/aromatic N) is 5. The van der Waals surface area contributed by atoms with E-state index in [1.807, 2.05) is 5.38 Å². The minimum atomic E-state index is -0.527. The van der Waals surface area contributed by atoms with E-state index in [1.165, 1.54) is 16.0 Å². The van der Waals surface area contributed by atoms with Crippen LogP contribution >= 0.6 is 27.3 Å². The Morgan fingerprint density at radius 1 is 1.58 bits per heavy atom. The van der Waals surface area contributed by atoms with E-state index in [4.69, 9.17) is 0 Å². The number of hydrogen-bond acceptors (Lipinski definition) is 7. The van der Waals surface area contributed by atoms with Gasteiger partial charge < -0.3 is 15.4 Å². The lowest BCUT2D eigenvalue weighted by atomic mass is 9.97. The molecule has 1 saturated heterocycles. The van der Waals surface area contributed by atoms with Crippen molar-refractivity contribution in [3.8, 4) is 0 Å². The number of aromatic nitrogens is 3. The van der Waals surface area contributed by atoms with Crippen molar-refractivity contribution in [2.45, 2.75) is 19.5 Å². The molecule has 1 N–H and O–H groups in total. The van der Waals surface area contributed by atoms with Crippen molar-refractivity contribution in [2.24, 2.45) is 5.92 Å². The van der Waals surface area contributed by atoms with Gasteiger partial charge in [0.2, 0.25) is 5.91 Å². The lowest BCUT2D eigenvalue weighted by molar-refractivity contribution is -0.390. The van der Waals surface area contributed by atoms with Crippen LogP contribution in [0, 0.1) is 16.0 Å². The summed E-state index contributed by atoms with van der Waals surface area (Å²) in [6.45, 7) is 1.82. The number of carbonyl (C=O) groups is 1. The summed E-state index contributed by atoms with van der Waals surface area (Å²) in [5.41, 5.74) is 0. The molecule has 1 unspecified atom stereocenters. The average molecular weight is 415 g/mol. The fourth-order valence-corrected chi connectivity index (χ4v) is 3.67. The molecule has 0 saturated carbocycles. The van der Waals surface area contributed by atoms with E-state index >= 15 is 0 Å². The summed E-state index contributed by atoms with van der Waals surface area (Å²) < 4.78 is 1.87. The zero-order chi connectivity index (χ0) is 17.1. The largest absolute Gasteiger partial charge is 0.404 e. The molecule has 1 aliphatic heterocycles. The highest BCUT2D eigenvalue weighted by molar-refractivity contribution is 9.10. The molecule has 0 aliphatic carbocycles.